The molecule has 0 bridgehead atoms. The smallest absolute Gasteiger partial charge is 0.273 e. The van der Waals surface area contributed by atoms with Crippen molar-refractivity contribution in [3.8, 4) is 5.75 Å². The van der Waals surface area contributed by atoms with Crippen molar-refractivity contribution < 1.29 is 19.6 Å². The van der Waals surface area contributed by atoms with Crippen LogP contribution in [0.4, 0.5) is 11.4 Å². The molecule has 0 unspecified atom stereocenters. The molecule has 0 saturated carbocycles. The van der Waals surface area contributed by atoms with Gasteiger partial charge in [0.2, 0.25) is 5.91 Å². The maximum Gasteiger partial charge on any atom is 0.273 e. The van der Waals surface area contributed by atoms with E-state index in [-0.39, 0.29) is 35.4 Å². The molecule has 2 N–H and O–H groups in total. The number of carbonyl (C=O) groups excluding carboxylic acids is 2. The van der Waals surface area contributed by atoms with Gasteiger partial charge in [0.05, 0.1) is 21.6 Å². The summed E-state index contributed by atoms with van der Waals surface area (Å²) in [6.45, 7) is 0.488. The van der Waals surface area contributed by atoms with Crippen LogP contribution in [0.3, 0.4) is 0 Å². The van der Waals surface area contributed by atoms with E-state index in [4.69, 9.17) is 12.2 Å². The fraction of sp³-hybridized carbons (Fsp3) is 0.227. The average Bonchev–Trinajstić information content (AvgIpc) is 3.02. The van der Waals surface area contributed by atoms with E-state index >= 15 is 0 Å². The van der Waals surface area contributed by atoms with Crippen molar-refractivity contribution in [2.45, 2.75) is 25.7 Å². The van der Waals surface area contributed by atoms with Crippen molar-refractivity contribution in [1.82, 2.24) is 4.90 Å². The largest absolute Gasteiger partial charge is 0.506 e. The zero-order valence-electron chi connectivity index (χ0n) is 17.0. The zero-order valence-corrected chi connectivity index (χ0v) is 18.7. The Morgan fingerprint density at radius 2 is 1.94 bits per heavy atom. The number of aromatic hydroxyl groups is 1. The van der Waals surface area contributed by atoms with Crippen LogP contribution in [0.15, 0.2) is 53.4 Å². The highest BCUT2D eigenvalue weighted by atomic mass is 32.2. The molecule has 0 radical (unpaired) electrons. The third-order valence-corrected chi connectivity index (χ3v) is 6.10. The number of hydrogen-bond acceptors (Lipinski definition) is 7. The Balaban J connectivity index is 1.41. The van der Waals surface area contributed by atoms with Crippen molar-refractivity contribution in [1.29, 1.82) is 0 Å². The van der Waals surface area contributed by atoms with Crippen LogP contribution in [-0.2, 0) is 9.59 Å². The average molecular weight is 472 g/mol. The second kappa shape index (κ2) is 10.9. The lowest BCUT2D eigenvalue weighted by Crippen LogP contribution is -2.29. The lowest BCUT2D eigenvalue weighted by atomic mass is 10.1. The van der Waals surface area contributed by atoms with E-state index in [9.17, 15) is 24.8 Å². The maximum absolute atomic E-state index is 12.6. The van der Waals surface area contributed by atoms with Crippen LogP contribution < -0.4 is 5.32 Å². The molecule has 1 saturated heterocycles. The Morgan fingerprint density at radius 1 is 1.19 bits per heavy atom. The lowest BCUT2D eigenvalue weighted by molar-refractivity contribution is -0.384. The first kappa shape index (κ1) is 23.4. The summed E-state index contributed by atoms with van der Waals surface area (Å²) in [7, 11) is 0. The van der Waals surface area contributed by atoms with Gasteiger partial charge in [-0.3, -0.25) is 24.6 Å². The number of phenolic OH excluding ortho intramolecular Hbond substituents is 1. The first-order valence-corrected chi connectivity index (χ1v) is 11.2. The van der Waals surface area contributed by atoms with E-state index in [0.29, 0.717) is 35.0 Å². The summed E-state index contributed by atoms with van der Waals surface area (Å²) in [4.78, 5) is 36.9. The SMILES string of the molecule is O=C(CCCCCN1C(=O)/C(=C/c2ccccc2)SC1=S)Nc1ccc([N+](=O)[O-])cc1O. The van der Waals surface area contributed by atoms with Gasteiger partial charge in [-0.1, -0.05) is 60.7 Å². The summed E-state index contributed by atoms with van der Waals surface area (Å²) in [6.07, 6.45) is 4.06. The Morgan fingerprint density at radius 3 is 2.62 bits per heavy atom. The number of phenols is 1. The maximum atomic E-state index is 12.6. The molecule has 166 valence electrons. The Hall–Kier alpha value is -3.24. The second-order valence-corrected chi connectivity index (χ2v) is 8.74. The van der Waals surface area contributed by atoms with Crippen molar-refractivity contribution in [3.63, 3.8) is 0 Å². The number of nitro benzene ring substituents is 1. The topological polar surface area (TPSA) is 113 Å². The number of carbonyl (C=O) groups is 2. The molecule has 1 heterocycles. The molecule has 0 spiro atoms. The number of rotatable bonds is 9. The predicted molar refractivity (Wildman–Crippen MR) is 128 cm³/mol. The Bertz CT molecular complexity index is 1070. The van der Waals surface area contributed by atoms with Gasteiger partial charge in [0.25, 0.3) is 11.6 Å². The number of non-ortho nitro benzene ring substituents is 1. The number of thioether (sulfide) groups is 1. The summed E-state index contributed by atoms with van der Waals surface area (Å²) in [6, 6.07) is 13.1. The van der Waals surface area contributed by atoms with Gasteiger partial charge in [-0.15, -0.1) is 0 Å². The molecule has 2 aromatic rings. The number of nitrogens with zero attached hydrogens (tertiary/aromatic N) is 2. The van der Waals surface area contributed by atoms with Gasteiger partial charge in [0, 0.05) is 19.0 Å². The minimum absolute atomic E-state index is 0.102. The highest BCUT2D eigenvalue weighted by Crippen LogP contribution is 2.33. The quantitative estimate of drug-likeness (QED) is 0.136. The van der Waals surface area contributed by atoms with Crippen LogP contribution in [-0.4, -0.2) is 37.6 Å². The zero-order chi connectivity index (χ0) is 23.1. The van der Waals surface area contributed by atoms with Crippen LogP contribution in [0.1, 0.15) is 31.2 Å². The van der Waals surface area contributed by atoms with Crippen molar-refractivity contribution >= 4 is 57.6 Å². The Kier molecular flexibility index (Phi) is 7.96. The standard InChI is InChI=1S/C22H21N3O5S2/c26-18-14-16(25(29)30)10-11-17(18)23-20(27)9-5-2-6-12-24-21(28)19(32-22(24)31)13-15-7-3-1-4-8-15/h1,3-4,7-8,10-11,13-14,26H,2,5-6,9,12H2,(H,23,27)/b19-13-. The summed E-state index contributed by atoms with van der Waals surface area (Å²) >= 11 is 6.63. The predicted octanol–water partition coefficient (Wildman–Crippen LogP) is 4.70. The van der Waals surface area contributed by atoms with Gasteiger partial charge in [0.15, 0.2) is 0 Å². The molecule has 2 aromatic carbocycles. The number of thiocarbonyl (C=S) groups is 1. The van der Waals surface area contributed by atoms with E-state index < -0.39 is 4.92 Å². The third kappa shape index (κ3) is 6.14. The van der Waals surface area contributed by atoms with E-state index in [0.717, 1.165) is 11.6 Å². The highest BCUT2D eigenvalue weighted by molar-refractivity contribution is 8.26. The van der Waals surface area contributed by atoms with Crippen LogP contribution in [0.25, 0.3) is 6.08 Å². The van der Waals surface area contributed by atoms with Crippen molar-refractivity contribution in [3.05, 3.63) is 69.1 Å². The van der Waals surface area contributed by atoms with Gasteiger partial charge in [-0.2, -0.15) is 0 Å². The molecule has 32 heavy (non-hydrogen) atoms. The number of unbranched alkanes of at least 4 members (excludes halogenated alkanes) is 2. The van der Waals surface area contributed by atoms with E-state index in [1.54, 1.807) is 4.90 Å². The second-order valence-electron chi connectivity index (χ2n) is 7.06. The summed E-state index contributed by atoms with van der Waals surface area (Å²) in [5.41, 5.74) is 0.816. The minimum atomic E-state index is -0.624. The van der Waals surface area contributed by atoms with Crippen LogP contribution >= 0.6 is 24.0 Å². The van der Waals surface area contributed by atoms with Gasteiger partial charge >= 0.3 is 0 Å². The fourth-order valence-electron chi connectivity index (χ4n) is 3.08. The van der Waals surface area contributed by atoms with Gasteiger partial charge in [-0.25, -0.2) is 0 Å². The normalized spacial score (nSPS) is 14.8. The van der Waals surface area contributed by atoms with Gasteiger partial charge in [-0.05, 0) is 30.5 Å². The molecule has 0 aliphatic carbocycles. The summed E-state index contributed by atoms with van der Waals surface area (Å²) < 4.78 is 0.531. The van der Waals surface area contributed by atoms with E-state index in [1.807, 2.05) is 36.4 Å². The van der Waals surface area contributed by atoms with Gasteiger partial charge < -0.3 is 10.4 Å². The first-order chi connectivity index (χ1) is 15.3. The molecule has 1 aliphatic rings. The van der Waals surface area contributed by atoms with Crippen LogP contribution in [0.2, 0.25) is 0 Å². The van der Waals surface area contributed by atoms with Crippen molar-refractivity contribution in [2.75, 3.05) is 11.9 Å². The van der Waals surface area contributed by atoms with Crippen molar-refractivity contribution in [2.24, 2.45) is 0 Å². The molecular weight excluding hydrogens is 450 g/mol. The number of amides is 2. The number of nitrogens with one attached hydrogen (secondary N) is 1. The van der Waals surface area contributed by atoms with Crippen LogP contribution in [0.5, 0.6) is 5.75 Å². The molecule has 8 nitrogen and oxygen atoms in total. The number of benzene rings is 2. The van der Waals surface area contributed by atoms with E-state index in [2.05, 4.69) is 5.32 Å². The molecule has 1 aliphatic heterocycles. The lowest BCUT2D eigenvalue weighted by Gasteiger charge is -2.14. The molecule has 0 atom stereocenters. The molecular formula is C22H21N3O5S2. The summed E-state index contributed by atoms with van der Waals surface area (Å²) in [5, 5.41) is 23.0. The molecule has 0 aromatic heterocycles. The highest BCUT2D eigenvalue weighted by Gasteiger charge is 2.31. The number of anilines is 1. The monoisotopic (exact) mass is 471 g/mol. The fourth-order valence-corrected chi connectivity index (χ4v) is 4.39. The summed E-state index contributed by atoms with van der Waals surface area (Å²) in [5.74, 6) is -0.758. The molecule has 1 fully saturated rings. The molecule has 10 heteroatoms. The third-order valence-electron chi connectivity index (χ3n) is 4.72. The molecule has 2 amide bonds. The Labute approximate surface area is 194 Å². The van der Waals surface area contributed by atoms with E-state index in [1.165, 1.54) is 23.9 Å². The van der Waals surface area contributed by atoms with Crippen LogP contribution in [0, 0.1) is 10.1 Å². The number of nitro groups is 1. The number of hydrogen-bond donors (Lipinski definition) is 2. The molecule has 3 rings (SSSR count). The minimum Gasteiger partial charge on any atom is -0.506 e. The first-order valence-electron chi connectivity index (χ1n) is 9.93. The van der Waals surface area contributed by atoms with Gasteiger partial charge in [0.1, 0.15) is 10.1 Å².